The number of rotatable bonds is 8. The van der Waals surface area contributed by atoms with Crippen molar-refractivity contribution < 1.29 is 18.0 Å². The zero-order chi connectivity index (χ0) is 33.5. The van der Waals surface area contributed by atoms with Crippen molar-refractivity contribution in [3.05, 3.63) is 58.5 Å². The number of amides is 1. The predicted molar refractivity (Wildman–Crippen MR) is 169 cm³/mol. The molecule has 2 saturated heterocycles. The molecule has 14 heteroatoms. The molecule has 0 radical (unpaired) electrons. The Bertz CT molecular complexity index is 1730. The zero-order valence-electron chi connectivity index (χ0n) is 26.6. The third-order valence-electron chi connectivity index (χ3n) is 8.70. The van der Waals surface area contributed by atoms with Crippen LogP contribution in [0.15, 0.2) is 41.8 Å². The van der Waals surface area contributed by atoms with Crippen molar-refractivity contribution in [2.75, 3.05) is 42.5 Å². The normalized spacial score (nSPS) is 17.6. The second-order valence-electron chi connectivity index (χ2n) is 12.3. The number of hydrogen-bond acceptors (Lipinski definition) is 9. The molecule has 0 bridgehead atoms. The Balaban J connectivity index is 1.64. The molecular formula is C32H38F3N9O2. The van der Waals surface area contributed by atoms with Gasteiger partial charge in [0.25, 0.3) is 5.56 Å². The highest BCUT2D eigenvalue weighted by Gasteiger charge is 2.39. The molecule has 2 fully saturated rings. The molecule has 46 heavy (non-hydrogen) atoms. The van der Waals surface area contributed by atoms with Crippen LogP contribution in [0.25, 0.3) is 16.6 Å². The van der Waals surface area contributed by atoms with Gasteiger partial charge in [-0.25, -0.2) is 4.98 Å². The number of anilines is 2. The van der Waals surface area contributed by atoms with Crippen LogP contribution >= 0.6 is 0 Å². The summed E-state index contributed by atoms with van der Waals surface area (Å²) in [5, 5.41) is 14.0. The molecule has 0 spiro atoms. The van der Waals surface area contributed by atoms with Crippen LogP contribution in [0.1, 0.15) is 45.2 Å². The first-order chi connectivity index (χ1) is 21.8. The van der Waals surface area contributed by atoms with E-state index in [9.17, 15) is 28.0 Å². The fourth-order valence-electron chi connectivity index (χ4n) is 6.73. The molecule has 0 saturated carbocycles. The summed E-state index contributed by atoms with van der Waals surface area (Å²) < 4.78 is 43.2. The summed E-state index contributed by atoms with van der Waals surface area (Å²) in [5.41, 5.74) is -2.26. The van der Waals surface area contributed by atoms with E-state index in [1.54, 1.807) is 4.90 Å². The highest BCUT2D eigenvalue weighted by molar-refractivity contribution is 5.90. The number of hydrogen-bond donors (Lipinski definition) is 0. The lowest BCUT2D eigenvalue weighted by Crippen LogP contribution is -2.63. The van der Waals surface area contributed by atoms with Gasteiger partial charge in [0.2, 0.25) is 11.9 Å². The SMILES string of the molecule is C=CC(=O)N1CCN(c2nc(N3CC(N(C(C)C)C(C)C)C3)nc3c(=O)n(-c4cccc(C)c4C(F)(F)F)ncc23)C[C@@H]1CC#N. The number of nitriles is 1. The van der Waals surface area contributed by atoms with E-state index < -0.39 is 23.3 Å². The molecule has 4 heterocycles. The number of carbonyl (C=O) groups is 1. The number of fused-ring (bicyclic) bond motifs is 1. The van der Waals surface area contributed by atoms with Gasteiger partial charge in [-0.15, -0.1) is 0 Å². The zero-order valence-corrected chi connectivity index (χ0v) is 26.6. The molecule has 0 unspecified atom stereocenters. The minimum absolute atomic E-state index is 0.0372. The maximum Gasteiger partial charge on any atom is 0.418 e. The molecule has 1 aromatic carbocycles. The van der Waals surface area contributed by atoms with Crippen LogP contribution in [0.3, 0.4) is 0 Å². The topological polar surface area (TPSA) is 114 Å². The second-order valence-corrected chi connectivity index (χ2v) is 12.3. The number of aromatic nitrogens is 4. The Morgan fingerprint density at radius 2 is 1.83 bits per heavy atom. The van der Waals surface area contributed by atoms with E-state index in [1.807, 2.05) is 9.80 Å². The number of benzene rings is 1. The molecule has 2 aliphatic rings. The summed E-state index contributed by atoms with van der Waals surface area (Å²) in [5.74, 6) is 0.365. The summed E-state index contributed by atoms with van der Waals surface area (Å²) in [7, 11) is 0. The summed E-state index contributed by atoms with van der Waals surface area (Å²) >= 11 is 0. The molecule has 1 amide bonds. The monoisotopic (exact) mass is 637 g/mol. The molecular weight excluding hydrogens is 599 g/mol. The van der Waals surface area contributed by atoms with E-state index >= 15 is 0 Å². The van der Waals surface area contributed by atoms with Crippen molar-refractivity contribution in [1.29, 1.82) is 5.26 Å². The fraction of sp³-hybridized carbons (Fsp3) is 0.500. The third kappa shape index (κ3) is 6.03. The fourth-order valence-corrected chi connectivity index (χ4v) is 6.73. The number of aryl methyl sites for hydroxylation is 1. The molecule has 2 aliphatic heterocycles. The first-order valence-corrected chi connectivity index (χ1v) is 15.3. The lowest BCUT2D eigenvalue weighted by molar-refractivity contribution is -0.138. The van der Waals surface area contributed by atoms with Crippen molar-refractivity contribution in [2.45, 2.75) is 71.4 Å². The van der Waals surface area contributed by atoms with Crippen LogP contribution in [0.4, 0.5) is 24.9 Å². The van der Waals surface area contributed by atoms with Crippen molar-refractivity contribution >= 4 is 28.6 Å². The third-order valence-corrected chi connectivity index (χ3v) is 8.70. The Hall–Kier alpha value is -4.51. The predicted octanol–water partition coefficient (Wildman–Crippen LogP) is 3.93. The molecule has 0 N–H and O–H groups in total. The molecule has 1 atom stereocenters. The Labute approximate surface area is 265 Å². The average Bonchev–Trinajstić information content (AvgIpc) is 2.97. The maximum atomic E-state index is 14.2. The van der Waals surface area contributed by atoms with Crippen LogP contribution in [0, 0.1) is 18.3 Å². The van der Waals surface area contributed by atoms with Gasteiger partial charge < -0.3 is 14.7 Å². The van der Waals surface area contributed by atoms with Crippen molar-refractivity contribution in [3.8, 4) is 11.8 Å². The Kier molecular flexibility index (Phi) is 9.08. The van der Waals surface area contributed by atoms with Crippen LogP contribution < -0.4 is 15.4 Å². The minimum Gasteiger partial charge on any atom is -0.352 e. The van der Waals surface area contributed by atoms with Crippen LogP contribution in [0.5, 0.6) is 0 Å². The van der Waals surface area contributed by atoms with E-state index in [4.69, 9.17) is 4.98 Å². The van der Waals surface area contributed by atoms with Gasteiger partial charge in [0.15, 0.2) is 0 Å². The first kappa shape index (κ1) is 32.9. The molecule has 0 aliphatic carbocycles. The molecule has 3 aromatic rings. The molecule has 11 nitrogen and oxygen atoms in total. The molecule has 244 valence electrons. The van der Waals surface area contributed by atoms with Crippen molar-refractivity contribution in [1.82, 2.24) is 29.5 Å². The number of halogens is 3. The van der Waals surface area contributed by atoms with E-state index in [-0.39, 0.29) is 59.6 Å². The number of alkyl halides is 3. The summed E-state index contributed by atoms with van der Waals surface area (Å²) in [6, 6.07) is 6.51. The lowest BCUT2D eigenvalue weighted by Gasteiger charge is -2.49. The van der Waals surface area contributed by atoms with Gasteiger partial charge in [-0.3, -0.25) is 14.5 Å². The van der Waals surface area contributed by atoms with Crippen LogP contribution in [-0.2, 0) is 11.0 Å². The van der Waals surface area contributed by atoms with Crippen molar-refractivity contribution in [3.63, 3.8) is 0 Å². The van der Waals surface area contributed by atoms with Gasteiger partial charge in [-0.05, 0) is 52.3 Å². The number of nitrogens with zero attached hydrogens (tertiary/aromatic N) is 9. The number of carbonyl (C=O) groups excluding carboxylic acids is 1. The quantitative estimate of drug-likeness (QED) is 0.339. The summed E-state index contributed by atoms with van der Waals surface area (Å²) in [4.78, 5) is 43.9. The van der Waals surface area contributed by atoms with E-state index in [0.29, 0.717) is 37.5 Å². The Morgan fingerprint density at radius 3 is 2.43 bits per heavy atom. The van der Waals surface area contributed by atoms with Gasteiger partial charge in [-0.2, -0.15) is 33.2 Å². The highest BCUT2D eigenvalue weighted by atomic mass is 19.4. The first-order valence-electron chi connectivity index (χ1n) is 15.3. The van der Waals surface area contributed by atoms with Crippen LogP contribution in [0.2, 0.25) is 0 Å². The largest absolute Gasteiger partial charge is 0.418 e. The van der Waals surface area contributed by atoms with E-state index in [0.717, 1.165) is 4.68 Å². The van der Waals surface area contributed by atoms with Gasteiger partial charge >= 0.3 is 6.18 Å². The second kappa shape index (κ2) is 12.7. The van der Waals surface area contributed by atoms with Gasteiger partial charge in [0.1, 0.15) is 11.3 Å². The van der Waals surface area contributed by atoms with E-state index in [1.165, 1.54) is 37.4 Å². The maximum absolute atomic E-state index is 14.2. The van der Waals surface area contributed by atoms with Gasteiger partial charge in [0, 0.05) is 50.8 Å². The molecule has 5 rings (SSSR count). The lowest BCUT2D eigenvalue weighted by atomic mass is 10.0. The number of piperazine rings is 1. The standard InChI is InChI=1S/C32H38F3N9O2/c1-7-26(45)42-14-13-40(16-22(42)11-12-36)29-24-15-37-44(25-10-8-9-21(6)27(25)32(33,34)35)30(46)28(24)38-31(39-29)41-17-23(18-41)43(19(2)3)20(4)5/h7-10,15,19-20,22-23H,1,11,13-14,16-18H2,2-6H3/t22-/m0/s1. The van der Waals surface area contributed by atoms with Gasteiger partial charge in [0.05, 0.1) is 41.4 Å². The Morgan fingerprint density at radius 1 is 1.13 bits per heavy atom. The smallest absolute Gasteiger partial charge is 0.352 e. The minimum atomic E-state index is -4.72. The molecule has 2 aromatic heterocycles. The van der Waals surface area contributed by atoms with Crippen LogP contribution in [-0.4, -0.2) is 92.3 Å². The average molecular weight is 638 g/mol. The van der Waals surface area contributed by atoms with E-state index in [2.05, 4.69) is 55.3 Å². The van der Waals surface area contributed by atoms with Gasteiger partial charge in [-0.1, -0.05) is 18.7 Å². The highest BCUT2D eigenvalue weighted by Crippen LogP contribution is 2.36. The van der Waals surface area contributed by atoms with Crippen molar-refractivity contribution in [2.24, 2.45) is 0 Å². The summed E-state index contributed by atoms with van der Waals surface area (Å²) in [6.45, 7) is 15.5. The summed E-state index contributed by atoms with van der Waals surface area (Å²) in [6.07, 6.45) is -2.12.